The molecule has 0 bridgehead atoms. The average Bonchev–Trinajstić information content (AvgIpc) is 1.98. The van der Waals surface area contributed by atoms with E-state index in [1.165, 1.54) is 0 Å². The highest BCUT2D eigenvalue weighted by Crippen LogP contribution is 2.23. The van der Waals surface area contributed by atoms with Crippen LogP contribution in [0.2, 0.25) is 0 Å². The van der Waals surface area contributed by atoms with Crippen LogP contribution in [0.25, 0.3) is 0 Å². The van der Waals surface area contributed by atoms with E-state index in [0.717, 1.165) is 0 Å². The molecule has 0 heterocycles. The number of alkyl halides is 1. The third-order valence-corrected chi connectivity index (χ3v) is 2.71. The van der Waals surface area contributed by atoms with Crippen LogP contribution in [0.5, 0.6) is 0 Å². The van der Waals surface area contributed by atoms with Gasteiger partial charge in [0, 0.05) is 13.1 Å². The molecule has 0 rings (SSSR count). The first kappa shape index (κ1) is 12.8. The van der Waals surface area contributed by atoms with Crippen molar-refractivity contribution < 1.29 is 4.79 Å². The molecule has 0 aromatic rings. The highest BCUT2D eigenvalue weighted by molar-refractivity contribution is 6.30. The maximum Gasteiger partial charge on any atom is 0.240 e. The van der Waals surface area contributed by atoms with E-state index in [1.807, 2.05) is 6.92 Å². The molecule has 0 N–H and O–H groups in total. The molecule has 0 saturated heterocycles. The lowest BCUT2D eigenvalue weighted by Gasteiger charge is -2.35. The summed E-state index contributed by atoms with van der Waals surface area (Å²) >= 11 is 5.73. The molecule has 3 heteroatoms. The zero-order valence-corrected chi connectivity index (χ0v) is 10.1. The molecule has 13 heavy (non-hydrogen) atoms. The lowest BCUT2D eigenvalue weighted by atomic mass is 9.87. The summed E-state index contributed by atoms with van der Waals surface area (Å²) in [6.07, 6.45) is 0. The molecule has 0 saturated carbocycles. The molecule has 0 fully saturated rings. The van der Waals surface area contributed by atoms with Gasteiger partial charge in [-0.25, -0.2) is 0 Å². The summed E-state index contributed by atoms with van der Waals surface area (Å²) in [5.41, 5.74) is 0.0934. The van der Waals surface area contributed by atoms with Crippen LogP contribution in [0.1, 0.15) is 34.6 Å². The first-order valence-electron chi connectivity index (χ1n) is 4.58. The van der Waals surface area contributed by atoms with E-state index in [4.69, 9.17) is 11.6 Å². The van der Waals surface area contributed by atoms with Crippen molar-refractivity contribution in [2.24, 2.45) is 5.41 Å². The fourth-order valence-corrected chi connectivity index (χ4v) is 1.21. The summed E-state index contributed by atoms with van der Waals surface area (Å²) in [7, 11) is 1.80. The Morgan fingerprint density at radius 3 is 1.92 bits per heavy atom. The summed E-state index contributed by atoms with van der Waals surface area (Å²) in [5, 5.41) is -0.435. The van der Waals surface area contributed by atoms with Gasteiger partial charge in [-0.05, 0) is 19.3 Å². The summed E-state index contributed by atoms with van der Waals surface area (Å²) in [6.45, 7) is 10.1. The van der Waals surface area contributed by atoms with E-state index in [2.05, 4.69) is 20.8 Å². The van der Waals surface area contributed by atoms with Gasteiger partial charge >= 0.3 is 0 Å². The smallest absolute Gasteiger partial charge is 0.240 e. The quantitative estimate of drug-likeness (QED) is 0.635. The standard InChI is InChI=1S/C10H20ClNO/c1-7(11)9(13)12(6)8(2)10(3,4)5/h7-8H,1-6H3. The van der Waals surface area contributed by atoms with Gasteiger partial charge in [-0.15, -0.1) is 11.6 Å². The average molecular weight is 206 g/mol. The van der Waals surface area contributed by atoms with Crippen LogP contribution in [-0.4, -0.2) is 29.3 Å². The molecular weight excluding hydrogens is 186 g/mol. The Labute approximate surface area is 86.2 Å². The first-order chi connectivity index (χ1) is 5.68. The van der Waals surface area contributed by atoms with Gasteiger partial charge in [0.15, 0.2) is 0 Å². The van der Waals surface area contributed by atoms with Crippen molar-refractivity contribution in [3.63, 3.8) is 0 Å². The highest BCUT2D eigenvalue weighted by Gasteiger charge is 2.28. The summed E-state index contributed by atoms with van der Waals surface area (Å²) in [4.78, 5) is 13.2. The molecule has 0 spiro atoms. The molecule has 0 aliphatic rings. The first-order valence-corrected chi connectivity index (χ1v) is 5.02. The van der Waals surface area contributed by atoms with Crippen molar-refractivity contribution in [1.82, 2.24) is 4.90 Å². The number of amides is 1. The second-order valence-corrected chi connectivity index (χ2v) is 5.26. The number of rotatable bonds is 2. The monoisotopic (exact) mass is 205 g/mol. The third kappa shape index (κ3) is 3.55. The summed E-state index contributed by atoms with van der Waals surface area (Å²) in [5.74, 6) is -0.0101. The van der Waals surface area contributed by atoms with Crippen molar-refractivity contribution in [2.75, 3.05) is 7.05 Å². The van der Waals surface area contributed by atoms with Crippen molar-refractivity contribution in [3.8, 4) is 0 Å². The number of carbonyl (C=O) groups is 1. The van der Waals surface area contributed by atoms with Gasteiger partial charge in [-0.3, -0.25) is 4.79 Å². The minimum atomic E-state index is -0.435. The largest absolute Gasteiger partial charge is 0.341 e. The third-order valence-electron chi connectivity index (χ3n) is 2.52. The number of halogens is 1. The molecule has 1 amide bonds. The molecule has 2 nitrogen and oxygen atoms in total. The number of hydrogen-bond donors (Lipinski definition) is 0. The van der Waals surface area contributed by atoms with Crippen LogP contribution in [-0.2, 0) is 4.79 Å². The Balaban J connectivity index is 4.43. The molecule has 78 valence electrons. The SMILES string of the molecule is CC(Cl)C(=O)N(C)C(C)C(C)(C)C. The van der Waals surface area contributed by atoms with Gasteiger partial charge in [0.1, 0.15) is 5.38 Å². The summed E-state index contributed by atoms with van der Waals surface area (Å²) in [6, 6.07) is 0.196. The Hall–Kier alpha value is -0.240. The predicted octanol–water partition coefficient (Wildman–Crippen LogP) is 2.51. The van der Waals surface area contributed by atoms with Gasteiger partial charge in [-0.1, -0.05) is 20.8 Å². The fraction of sp³-hybridized carbons (Fsp3) is 0.900. The van der Waals surface area contributed by atoms with Crippen molar-refractivity contribution in [3.05, 3.63) is 0 Å². The minimum Gasteiger partial charge on any atom is -0.341 e. The van der Waals surface area contributed by atoms with E-state index >= 15 is 0 Å². The van der Waals surface area contributed by atoms with Crippen molar-refractivity contribution >= 4 is 17.5 Å². The predicted molar refractivity (Wildman–Crippen MR) is 57.0 cm³/mol. The van der Waals surface area contributed by atoms with Gasteiger partial charge < -0.3 is 4.90 Å². The van der Waals surface area contributed by atoms with Crippen LogP contribution < -0.4 is 0 Å². The van der Waals surface area contributed by atoms with Gasteiger partial charge in [0.25, 0.3) is 0 Å². The second-order valence-electron chi connectivity index (χ2n) is 4.61. The van der Waals surface area contributed by atoms with E-state index in [1.54, 1.807) is 18.9 Å². The molecule has 0 radical (unpaired) electrons. The van der Waals surface area contributed by atoms with Gasteiger partial charge in [-0.2, -0.15) is 0 Å². The summed E-state index contributed by atoms with van der Waals surface area (Å²) < 4.78 is 0. The minimum absolute atomic E-state index is 0.0101. The molecular formula is C10H20ClNO. The number of nitrogens with zero attached hydrogens (tertiary/aromatic N) is 1. The topological polar surface area (TPSA) is 20.3 Å². The lowest BCUT2D eigenvalue weighted by molar-refractivity contribution is -0.132. The molecule has 0 aliphatic heterocycles. The van der Waals surface area contributed by atoms with Crippen LogP contribution in [0.4, 0.5) is 0 Å². The van der Waals surface area contributed by atoms with Crippen LogP contribution in [0.15, 0.2) is 0 Å². The molecule has 2 atom stereocenters. The van der Waals surface area contributed by atoms with Crippen LogP contribution in [0, 0.1) is 5.41 Å². The van der Waals surface area contributed by atoms with Gasteiger partial charge in [0.2, 0.25) is 5.91 Å². The maximum atomic E-state index is 11.5. The van der Waals surface area contributed by atoms with Crippen molar-refractivity contribution in [2.45, 2.75) is 46.0 Å². The Kier molecular flexibility index (Phi) is 4.24. The number of hydrogen-bond acceptors (Lipinski definition) is 1. The normalized spacial score (nSPS) is 16.5. The van der Waals surface area contributed by atoms with Crippen LogP contribution >= 0.6 is 11.6 Å². The highest BCUT2D eigenvalue weighted by atomic mass is 35.5. The van der Waals surface area contributed by atoms with Gasteiger partial charge in [0.05, 0.1) is 0 Å². The molecule has 0 aromatic carbocycles. The van der Waals surface area contributed by atoms with E-state index in [-0.39, 0.29) is 17.4 Å². The molecule has 0 aromatic heterocycles. The Morgan fingerprint density at radius 2 is 1.69 bits per heavy atom. The maximum absolute atomic E-state index is 11.5. The molecule has 0 aliphatic carbocycles. The second kappa shape index (κ2) is 4.32. The fourth-order valence-electron chi connectivity index (χ4n) is 1.05. The number of carbonyl (C=O) groups excluding carboxylic acids is 1. The molecule has 2 unspecified atom stereocenters. The van der Waals surface area contributed by atoms with E-state index in [0.29, 0.717) is 0 Å². The van der Waals surface area contributed by atoms with Crippen LogP contribution in [0.3, 0.4) is 0 Å². The zero-order chi connectivity index (χ0) is 10.8. The Bertz CT molecular complexity index is 184. The van der Waals surface area contributed by atoms with E-state index in [9.17, 15) is 4.79 Å². The zero-order valence-electron chi connectivity index (χ0n) is 9.39. The Morgan fingerprint density at radius 1 is 1.31 bits per heavy atom. The lowest BCUT2D eigenvalue weighted by Crippen LogP contribution is -2.45. The van der Waals surface area contributed by atoms with E-state index < -0.39 is 5.38 Å². The van der Waals surface area contributed by atoms with Crippen molar-refractivity contribution in [1.29, 1.82) is 0 Å².